The highest BCUT2D eigenvalue weighted by atomic mass is 16.5. The first-order valence-electron chi connectivity index (χ1n) is 7.98. The van der Waals surface area contributed by atoms with Gasteiger partial charge in [-0.3, -0.25) is 4.79 Å². The van der Waals surface area contributed by atoms with Gasteiger partial charge in [0.1, 0.15) is 0 Å². The standard InChI is InChI=1S/C18H29NO2/c1-4-21-17(20)13-9-6-10-14-19-15-18(2,3)16-11-7-5-8-12-16/h5,7-8,11-12,19H,4,6,9-10,13-15H2,1-3H3. The average Bonchev–Trinajstić information content (AvgIpc) is 2.47. The van der Waals surface area contributed by atoms with Crippen molar-refractivity contribution >= 4 is 5.97 Å². The summed E-state index contributed by atoms with van der Waals surface area (Å²) in [4.78, 5) is 11.2. The summed E-state index contributed by atoms with van der Waals surface area (Å²) in [6.07, 6.45) is 3.63. The van der Waals surface area contributed by atoms with E-state index >= 15 is 0 Å². The number of carbonyl (C=O) groups excluding carboxylic acids is 1. The molecule has 0 bridgehead atoms. The maximum Gasteiger partial charge on any atom is 0.305 e. The van der Waals surface area contributed by atoms with Crippen LogP contribution in [0.3, 0.4) is 0 Å². The molecule has 0 atom stereocenters. The van der Waals surface area contributed by atoms with Gasteiger partial charge in [0.05, 0.1) is 6.61 Å². The van der Waals surface area contributed by atoms with Crippen LogP contribution in [0.5, 0.6) is 0 Å². The van der Waals surface area contributed by atoms with Crippen molar-refractivity contribution in [3.8, 4) is 0 Å². The Morgan fingerprint density at radius 1 is 1.14 bits per heavy atom. The number of unbranched alkanes of at least 4 members (excludes halogenated alkanes) is 2. The molecule has 1 aromatic carbocycles. The summed E-state index contributed by atoms with van der Waals surface area (Å²) in [7, 11) is 0. The largest absolute Gasteiger partial charge is 0.466 e. The smallest absolute Gasteiger partial charge is 0.305 e. The predicted octanol–water partition coefficient (Wildman–Crippen LogP) is 3.68. The minimum absolute atomic E-state index is 0.0735. The Morgan fingerprint density at radius 3 is 2.52 bits per heavy atom. The molecule has 0 radical (unpaired) electrons. The molecule has 118 valence electrons. The molecule has 0 heterocycles. The van der Waals surface area contributed by atoms with Gasteiger partial charge in [-0.15, -0.1) is 0 Å². The van der Waals surface area contributed by atoms with Crippen LogP contribution >= 0.6 is 0 Å². The fourth-order valence-electron chi connectivity index (χ4n) is 2.32. The molecule has 0 aliphatic heterocycles. The number of hydrogen-bond donors (Lipinski definition) is 1. The van der Waals surface area contributed by atoms with Crippen LogP contribution in [0.25, 0.3) is 0 Å². The van der Waals surface area contributed by atoms with Crippen LogP contribution in [0.2, 0.25) is 0 Å². The zero-order valence-electron chi connectivity index (χ0n) is 13.7. The summed E-state index contributed by atoms with van der Waals surface area (Å²) in [6.45, 7) is 8.81. The van der Waals surface area contributed by atoms with Gasteiger partial charge in [-0.2, -0.15) is 0 Å². The van der Waals surface area contributed by atoms with E-state index in [0.717, 1.165) is 32.4 Å². The van der Waals surface area contributed by atoms with Crippen LogP contribution in [0, 0.1) is 0 Å². The molecule has 0 amide bonds. The minimum Gasteiger partial charge on any atom is -0.466 e. The van der Waals surface area contributed by atoms with Crippen molar-refractivity contribution in [1.29, 1.82) is 0 Å². The third-order valence-corrected chi connectivity index (χ3v) is 3.66. The van der Waals surface area contributed by atoms with Crippen molar-refractivity contribution in [2.45, 2.75) is 51.9 Å². The quantitative estimate of drug-likeness (QED) is 0.528. The highest BCUT2D eigenvalue weighted by molar-refractivity contribution is 5.69. The molecular weight excluding hydrogens is 262 g/mol. The molecule has 3 nitrogen and oxygen atoms in total. The Hall–Kier alpha value is -1.35. The molecule has 0 aliphatic rings. The van der Waals surface area contributed by atoms with E-state index in [1.807, 2.05) is 6.92 Å². The monoisotopic (exact) mass is 291 g/mol. The number of hydrogen-bond acceptors (Lipinski definition) is 3. The maximum atomic E-state index is 11.2. The molecule has 0 saturated carbocycles. The summed E-state index contributed by atoms with van der Waals surface area (Å²) in [6, 6.07) is 10.6. The minimum atomic E-state index is -0.0735. The first-order valence-corrected chi connectivity index (χ1v) is 7.98. The Bertz CT molecular complexity index is 401. The summed E-state index contributed by atoms with van der Waals surface area (Å²) in [5.74, 6) is -0.0735. The number of rotatable bonds is 10. The molecular formula is C18H29NO2. The Morgan fingerprint density at radius 2 is 1.86 bits per heavy atom. The number of esters is 1. The van der Waals surface area contributed by atoms with Crippen molar-refractivity contribution in [3.05, 3.63) is 35.9 Å². The van der Waals surface area contributed by atoms with E-state index < -0.39 is 0 Å². The van der Waals surface area contributed by atoms with Gasteiger partial charge in [0.25, 0.3) is 0 Å². The normalized spacial score (nSPS) is 11.4. The van der Waals surface area contributed by atoms with Crippen molar-refractivity contribution < 1.29 is 9.53 Å². The highest BCUT2D eigenvalue weighted by Crippen LogP contribution is 2.21. The topological polar surface area (TPSA) is 38.3 Å². The van der Waals surface area contributed by atoms with Gasteiger partial charge < -0.3 is 10.1 Å². The maximum absolute atomic E-state index is 11.2. The van der Waals surface area contributed by atoms with Crippen LogP contribution in [0.1, 0.15) is 52.0 Å². The average molecular weight is 291 g/mol. The van der Waals surface area contributed by atoms with E-state index in [1.165, 1.54) is 5.56 Å². The van der Waals surface area contributed by atoms with Crippen molar-refractivity contribution in [2.24, 2.45) is 0 Å². The van der Waals surface area contributed by atoms with Gasteiger partial charge in [-0.1, -0.05) is 50.6 Å². The lowest BCUT2D eigenvalue weighted by molar-refractivity contribution is -0.143. The fraction of sp³-hybridized carbons (Fsp3) is 0.611. The van der Waals surface area contributed by atoms with Gasteiger partial charge in [0.2, 0.25) is 0 Å². The molecule has 3 heteroatoms. The summed E-state index contributed by atoms with van der Waals surface area (Å²) < 4.78 is 4.91. The lowest BCUT2D eigenvalue weighted by Gasteiger charge is -2.25. The predicted molar refractivity (Wildman–Crippen MR) is 87.4 cm³/mol. The van der Waals surface area contributed by atoms with Gasteiger partial charge in [0, 0.05) is 18.4 Å². The van der Waals surface area contributed by atoms with Crippen molar-refractivity contribution in [2.75, 3.05) is 19.7 Å². The summed E-state index contributed by atoms with van der Waals surface area (Å²) in [5, 5.41) is 3.52. The van der Waals surface area contributed by atoms with E-state index in [4.69, 9.17) is 4.74 Å². The van der Waals surface area contributed by atoms with Gasteiger partial charge >= 0.3 is 5.97 Å². The highest BCUT2D eigenvalue weighted by Gasteiger charge is 2.19. The zero-order valence-corrected chi connectivity index (χ0v) is 13.7. The molecule has 21 heavy (non-hydrogen) atoms. The van der Waals surface area contributed by atoms with E-state index in [2.05, 4.69) is 49.5 Å². The lowest BCUT2D eigenvalue weighted by atomic mass is 9.84. The van der Waals surface area contributed by atoms with E-state index in [-0.39, 0.29) is 11.4 Å². The van der Waals surface area contributed by atoms with Gasteiger partial charge in [0.15, 0.2) is 0 Å². The first-order chi connectivity index (χ1) is 10.1. The van der Waals surface area contributed by atoms with Gasteiger partial charge in [-0.25, -0.2) is 0 Å². The molecule has 1 N–H and O–H groups in total. The van der Waals surface area contributed by atoms with Crippen LogP contribution in [-0.2, 0) is 14.9 Å². The third kappa shape index (κ3) is 7.28. The molecule has 0 spiro atoms. The Balaban J connectivity index is 2.10. The molecule has 0 unspecified atom stereocenters. The lowest BCUT2D eigenvalue weighted by Crippen LogP contribution is -2.33. The fourth-order valence-corrected chi connectivity index (χ4v) is 2.32. The van der Waals surface area contributed by atoms with Crippen LogP contribution in [0.15, 0.2) is 30.3 Å². The third-order valence-electron chi connectivity index (χ3n) is 3.66. The van der Waals surface area contributed by atoms with E-state index in [1.54, 1.807) is 0 Å². The Labute approximate surface area is 129 Å². The molecule has 0 saturated heterocycles. The molecule has 0 fully saturated rings. The molecule has 0 aromatic heterocycles. The van der Waals surface area contributed by atoms with Crippen LogP contribution < -0.4 is 5.32 Å². The number of carbonyl (C=O) groups is 1. The van der Waals surface area contributed by atoms with Crippen molar-refractivity contribution in [1.82, 2.24) is 5.32 Å². The number of ether oxygens (including phenoxy) is 1. The van der Waals surface area contributed by atoms with Crippen molar-refractivity contribution in [3.63, 3.8) is 0 Å². The second kappa shape index (κ2) is 9.56. The SMILES string of the molecule is CCOC(=O)CCCCCNCC(C)(C)c1ccccc1. The second-order valence-corrected chi connectivity index (χ2v) is 6.04. The summed E-state index contributed by atoms with van der Waals surface area (Å²) >= 11 is 0. The molecule has 1 aromatic rings. The zero-order chi connectivity index (χ0) is 15.6. The number of benzene rings is 1. The van der Waals surface area contributed by atoms with Gasteiger partial charge in [-0.05, 0) is 31.9 Å². The van der Waals surface area contributed by atoms with E-state index in [9.17, 15) is 4.79 Å². The number of nitrogens with one attached hydrogen (secondary N) is 1. The van der Waals surface area contributed by atoms with E-state index in [0.29, 0.717) is 13.0 Å². The second-order valence-electron chi connectivity index (χ2n) is 6.04. The first kappa shape index (κ1) is 17.7. The van der Waals surface area contributed by atoms with Crippen LogP contribution in [-0.4, -0.2) is 25.7 Å². The summed E-state index contributed by atoms with van der Waals surface area (Å²) in [5.41, 5.74) is 1.51. The molecule has 0 aliphatic carbocycles. The van der Waals surface area contributed by atoms with Crippen LogP contribution in [0.4, 0.5) is 0 Å². The Kier molecular flexibility index (Phi) is 8.06. The molecule has 1 rings (SSSR count).